The first-order valence-electron chi connectivity index (χ1n) is 4.00. The van der Waals surface area contributed by atoms with Crippen LogP contribution in [0.2, 0.25) is 0 Å². The summed E-state index contributed by atoms with van der Waals surface area (Å²) in [6.07, 6.45) is 0. The van der Waals surface area contributed by atoms with Crippen LogP contribution in [0.15, 0.2) is 17.0 Å². The summed E-state index contributed by atoms with van der Waals surface area (Å²) in [6.45, 7) is 1.30. The molecular weight excluding hydrogens is 234 g/mol. The summed E-state index contributed by atoms with van der Waals surface area (Å²) in [7, 11) is -4.18. The molecule has 16 heavy (non-hydrogen) atoms. The number of hydrogen-bond donors (Lipinski definition) is 1. The van der Waals surface area contributed by atoms with Crippen molar-refractivity contribution < 1.29 is 13.3 Å². The molecule has 0 aliphatic rings. The first-order valence-corrected chi connectivity index (χ1v) is 5.54. The van der Waals surface area contributed by atoms with E-state index in [1.54, 1.807) is 6.07 Å². The number of primary sulfonamides is 1. The minimum atomic E-state index is -4.18. The Morgan fingerprint density at radius 2 is 2.06 bits per heavy atom. The normalized spacial score (nSPS) is 10.8. The maximum absolute atomic E-state index is 11.1. The lowest BCUT2D eigenvalue weighted by Gasteiger charge is -2.04. The lowest BCUT2D eigenvalue weighted by atomic mass is 10.1. The van der Waals surface area contributed by atoms with E-state index in [4.69, 9.17) is 10.4 Å². The molecule has 0 fully saturated rings. The van der Waals surface area contributed by atoms with E-state index in [0.717, 1.165) is 6.07 Å². The van der Waals surface area contributed by atoms with Gasteiger partial charge in [0.2, 0.25) is 10.0 Å². The Morgan fingerprint density at radius 3 is 2.44 bits per heavy atom. The second kappa shape index (κ2) is 3.88. The number of rotatable bonds is 2. The van der Waals surface area contributed by atoms with Gasteiger partial charge in [-0.1, -0.05) is 0 Å². The fourth-order valence-corrected chi connectivity index (χ4v) is 2.01. The second-order valence-electron chi connectivity index (χ2n) is 3.00. The minimum absolute atomic E-state index is 0.0148. The molecule has 0 heterocycles. The number of sulfonamides is 1. The molecule has 0 unspecified atom stereocenters. The van der Waals surface area contributed by atoms with E-state index >= 15 is 0 Å². The van der Waals surface area contributed by atoms with Gasteiger partial charge < -0.3 is 0 Å². The highest BCUT2D eigenvalue weighted by Crippen LogP contribution is 2.28. The average Bonchev–Trinajstić information content (AvgIpc) is 2.15. The van der Waals surface area contributed by atoms with Crippen molar-refractivity contribution >= 4 is 15.7 Å². The number of nitrogens with two attached hydrogens (primary N) is 1. The van der Waals surface area contributed by atoms with Gasteiger partial charge >= 0.3 is 0 Å². The van der Waals surface area contributed by atoms with Gasteiger partial charge in [-0.05, 0) is 19.1 Å². The molecule has 0 atom stereocenters. The summed E-state index contributed by atoms with van der Waals surface area (Å²) in [4.78, 5) is 9.28. The largest absolute Gasteiger partial charge is 0.293 e. The van der Waals surface area contributed by atoms with Crippen LogP contribution in [0, 0.1) is 28.4 Å². The molecule has 0 amide bonds. The summed E-state index contributed by atoms with van der Waals surface area (Å²) >= 11 is 0. The van der Waals surface area contributed by atoms with E-state index in [1.165, 1.54) is 13.0 Å². The van der Waals surface area contributed by atoms with Crippen LogP contribution in [0.3, 0.4) is 0 Å². The number of nitro benzene ring substituents is 1. The zero-order chi connectivity index (χ0) is 12.5. The summed E-state index contributed by atoms with van der Waals surface area (Å²) in [5.74, 6) is 0. The summed E-state index contributed by atoms with van der Waals surface area (Å²) in [6, 6.07) is 3.87. The van der Waals surface area contributed by atoms with Crippen LogP contribution in [0.25, 0.3) is 0 Å². The molecule has 0 saturated heterocycles. The van der Waals surface area contributed by atoms with Crippen molar-refractivity contribution in [2.24, 2.45) is 5.14 Å². The van der Waals surface area contributed by atoms with Crippen LogP contribution in [-0.2, 0) is 10.0 Å². The van der Waals surface area contributed by atoms with Gasteiger partial charge in [0.25, 0.3) is 5.69 Å². The molecule has 0 aliphatic heterocycles. The van der Waals surface area contributed by atoms with Gasteiger partial charge in [0.15, 0.2) is 4.90 Å². The maximum Gasteiger partial charge on any atom is 0.293 e. The van der Waals surface area contributed by atoms with Crippen molar-refractivity contribution in [2.45, 2.75) is 11.8 Å². The fourth-order valence-electron chi connectivity index (χ4n) is 1.25. The topological polar surface area (TPSA) is 127 Å². The van der Waals surface area contributed by atoms with Crippen molar-refractivity contribution in [3.8, 4) is 6.07 Å². The molecule has 84 valence electrons. The smallest absolute Gasteiger partial charge is 0.258 e. The standard InChI is InChI=1S/C8H7N3O4S/c1-5-6(4-9)2-3-7(16(10,14)15)8(5)11(12)13/h2-3H,1H3,(H2,10,14,15). The molecular formula is C8H7N3O4S. The van der Waals surface area contributed by atoms with Crippen LogP contribution in [0.5, 0.6) is 0 Å². The summed E-state index contributed by atoms with van der Waals surface area (Å²) < 4.78 is 22.2. The minimum Gasteiger partial charge on any atom is -0.258 e. The Labute approximate surface area is 91.3 Å². The predicted octanol–water partition coefficient (Wildman–Crippen LogP) is 0.422. The average molecular weight is 241 g/mol. The molecule has 1 aromatic carbocycles. The number of nitro groups is 1. The fraction of sp³-hybridized carbons (Fsp3) is 0.125. The van der Waals surface area contributed by atoms with E-state index in [2.05, 4.69) is 0 Å². The van der Waals surface area contributed by atoms with Gasteiger partial charge in [0, 0.05) is 5.56 Å². The summed E-state index contributed by atoms with van der Waals surface area (Å²) in [5.41, 5.74) is -0.625. The number of benzene rings is 1. The lowest BCUT2D eigenvalue weighted by molar-refractivity contribution is -0.388. The molecule has 0 saturated carbocycles. The highest BCUT2D eigenvalue weighted by Gasteiger charge is 2.26. The van der Waals surface area contributed by atoms with Crippen molar-refractivity contribution in [3.63, 3.8) is 0 Å². The predicted molar refractivity (Wildman–Crippen MR) is 53.9 cm³/mol. The summed E-state index contributed by atoms with van der Waals surface area (Å²) in [5, 5.41) is 24.2. The molecule has 7 nitrogen and oxygen atoms in total. The number of nitrogens with zero attached hydrogens (tertiary/aromatic N) is 2. The SMILES string of the molecule is Cc1c(C#N)ccc(S(N)(=O)=O)c1[N+](=O)[O-]. The van der Waals surface area contributed by atoms with E-state index < -0.39 is 25.5 Å². The van der Waals surface area contributed by atoms with Crippen molar-refractivity contribution in [1.82, 2.24) is 0 Å². The third-order valence-corrected chi connectivity index (χ3v) is 2.95. The lowest BCUT2D eigenvalue weighted by Crippen LogP contribution is -2.15. The Hall–Kier alpha value is -1.98. The monoisotopic (exact) mass is 241 g/mol. The molecule has 0 radical (unpaired) electrons. The third kappa shape index (κ3) is 2.00. The first kappa shape index (κ1) is 12.1. The molecule has 0 bridgehead atoms. The third-order valence-electron chi connectivity index (χ3n) is 2.00. The molecule has 0 spiro atoms. The number of hydrogen-bond acceptors (Lipinski definition) is 5. The Bertz CT molecular complexity index is 600. The van der Waals surface area contributed by atoms with Gasteiger partial charge in [-0.25, -0.2) is 13.6 Å². The van der Waals surface area contributed by atoms with Crippen LogP contribution >= 0.6 is 0 Å². The zero-order valence-corrected chi connectivity index (χ0v) is 8.98. The van der Waals surface area contributed by atoms with Gasteiger partial charge in [0.1, 0.15) is 0 Å². The molecule has 8 heteroatoms. The highest BCUT2D eigenvalue weighted by molar-refractivity contribution is 7.89. The van der Waals surface area contributed by atoms with Crippen LogP contribution in [0.1, 0.15) is 11.1 Å². The van der Waals surface area contributed by atoms with E-state index in [9.17, 15) is 18.5 Å². The van der Waals surface area contributed by atoms with Gasteiger partial charge in [-0.3, -0.25) is 10.1 Å². The molecule has 1 rings (SSSR count). The second-order valence-corrected chi connectivity index (χ2v) is 4.53. The van der Waals surface area contributed by atoms with Crippen molar-refractivity contribution in [3.05, 3.63) is 33.4 Å². The highest BCUT2D eigenvalue weighted by atomic mass is 32.2. The quantitative estimate of drug-likeness (QED) is 0.592. The van der Waals surface area contributed by atoms with Crippen LogP contribution in [-0.4, -0.2) is 13.3 Å². The first-order chi connectivity index (χ1) is 7.29. The zero-order valence-electron chi connectivity index (χ0n) is 8.17. The molecule has 2 N–H and O–H groups in total. The van der Waals surface area contributed by atoms with E-state index in [1.807, 2.05) is 0 Å². The molecule has 0 aliphatic carbocycles. The number of nitriles is 1. The Kier molecular flexibility index (Phi) is 2.93. The van der Waals surface area contributed by atoms with Crippen molar-refractivity contribution in [2.75, 3.05) is 0 Å². The van der Waals surface area contributed by atoms with Gasteiger partial charge in [-0.15, -0.1) is 0 Å². The molecule has 1 aromatic rings. The van der Waals surface area contributed by atoms with Crippen molar-refractivity contribution in [1.29, 1.82) is 5.26 Å². The van der Waals surface area contributed by atoms with E-state index in [-0.39, 0.29) is 11.1 Å². The van der Waals surface area contributed by atoms with Crippen LogP contribution < -0.4 is 5.14 Å². The van der Waals surface area contributed by atoms with Gasteiger partial charge in [-0.2, -0.15) is 5.26 Å². The van der Waals surface area contributed by atoms with Crippen LogP contribution in [0.4, 0.5) is 5.69 Å². The maximum atomic E-state index is 11.1. The van der Waals surface area contributed by atoms with E-state index in [0.29, 0.717) is 0 Å². The van der Waals surface area contributed by atoms with Gasteiger partial charge in [0.05, 0.1) is 16.6 Å². The molecule has 0 aromatic heterocycles. The Balaban J connectivity index is 3.76. The Morgan fingerprint density at radius 1 is 1.50 bits per heavy atom.